The summed E-state index contributed by atoms with van der Waals surface area (Å²) in [6.45, 7) is 2.37. The maximum absolute atomic E-state index is 4.41. The minimum Gasteiger partial charge on any atom is -0.301 e. The Kier molecular flexibility index (Phi) is 1.66. The van der Waals surface area contributed by atoms with Crippen molar-refractivity contribution >= 4 is 12.8 Å². The summed E-state index contributed by atoms with van der Waals surface area (Å²) in [7, 11) is 2.22. The predicted molar refractivity (Wildman–Crippen MR) is 45.1 cm³/mol. The summed E-state index contributed by atoms with van der Waals surface area (Å²) in [4.78, 5) is 2.46. The fraction of sp³-hybridized carbons (Fsp3) is 1.00. The molecule has 2 unspecified atom stereocenters. The van der Waals surface area contributed by atoms with Crippen LogP contribution in [-0.4, -0.2) is 41.4 Å². The van der Waals surface area contributed by atoms with Gasteiger partial charge in [0.15, 0.2) is 0 Å². The Morgan fingerprint density at radius 3 is 2.20 bits per heavy atom. The molecule has 0 spiro atoms. The monoisotopic (exact) mass is 158 g/mol. The van der Waals surface area contributed by atoms with Gasteiger partial charge in [0.25, 0.3) is 0 Å². The number of hydrogen-bond donors (Lipinski definition) is 1. The van der Waals surface area contributed by atoms with Gasteiger partial charge in [-0.1, -0.05) is 12.8 Å². The molecule has 0 saturated carbocycles. The molecule has 3 heteroatoms. The first kappa shape index (κ1) is 6.95. The van der Waals surface area contributed by atoms with E-state index in [1.54, 1.807) is 0 Å². The quantitative estimate of drug-likeness (QED) is 0.516. The van der Waals surface area contributed by atoms with Crippen LogP contribution in [0.4, 0.5) is 0 Å². The lowest BCUT2D eigenvalue weighted by Gasteiger charge is -2.48. The molecule has 0 radical (unpaired) electrons. The van der Waals surface area contributed by atoms with E-state index < -0.39 is 0 Å². The summed E-state index contributed by atoms with van der Waals surface area (Å²) < 4.78 is 2.20. The van der Waals surface area contributed by atoms with Crippen LogP contribution in [0.1, 0.15) is 12.8 Å². The zero-order valence-corrected chi connectivity index (χ0v) is 7.22. The normalized spacial score (nSPS) is 42.6. The van der Waals surface area contributed by atoms with E-state index in [-0.39, 0.29) is 0 Å². The van der Waals surface area contributed by atoms with Gasteiger partial charge in [0.1, 0.15) is 0 Å². The Bertz CT molecular complexity index is 124. The van der Waals surface area contributed by atoms with Gasteiger partial charge >= 0.3 is 0 Å². The lowest BCUT2D eigenvalue weighted by molar-refractivity contribution is 0.0501. The van der Waals surface area contributed by atoms with Crippen molar-refractivity contribution in [3.63, 3.8) is 0 Å². The average molecular weight is 158 g/mol. The third kappa shape index (κ3) is 0.966. The van der Waals surface area contributed by atoms with Gasteiger partial charge in [0.05, 0.1) is 0 Å². The predicted octanol–water partition coefficient (Wildman–Crippen LogP) is 0.610. The number of piperidine rings is 2. The topological polar surface area (TPSA) is 6.48 Å². The van der Waals surface area contributed by atoms with E-state index >= 15 is 0 Å². The van der Waals surface area contributed by atoms with Crippen LogP contribution in [0, 0.1) is 0 Å². The summed E-state index contributed by atoms with van der Waals surface area (Å²) in [6.07, 6.45) is 2.72. The number of piperazine rings is 1. The number of nitrogens with zero attached hydrogens (tertiary/aromatic N) is 2. The molecule has 2 bridgehead atoms. The van der Waals surface area contributed by atoms with Crippen LogP contribution in [0.3, 0.4) is 0 Å². The van der Waals surface area contributed by atoms with E-state index in [1.165, 1.54) is 19.4 Å². The number of fused-ring (bicyclic) bond motifs is 3. The second-order valence-corrected chi connectivity index (χ2v) is 3.96. The Morgan fingerprint density at radius 1 is 1.20 bits per heavy atom. The van der Waals surface area contributed by atoms with E-state index in [0.717, 1.165) is 18.6 Å². The zero-order valence-electron chi connectivity index (χ0n) is 6.32. The molecule has 0 aromatic rings. The van der Waals surface area contributed by atoms with Gasteiger partial charge in [-0.3, -0.25) is 0 Å². The van der Waals surface area contributed by atoms with Crippen LogP contribution in [0.2, 0.25) is 0 Å². The molecule has 58 valence electrons. The number of likely N-dealkylation sites (N-methyl/N-ethyl adjacent to an activating group) is 1. The van der Waals surface area contributed by atoms with Crippen molar-refractivity contribution in [3.8, 4) is 0 Å². The number of hydrogen-bond acceptors (Lipinski definition) is 3. The summed E-state index contributed by atoms with van der Waals surface area (Å²) >= 11 is 4.41. The van der Waals surface area contributed by atoms with Crippen molar-refractivity contribution in [2.75, 3.05) is 20.1 Å². The number of thiol groups is 1. The van der Waals surface area contributed by atoms with Gasteiger partial charge in [-0.15, -0.1) is 0 Å². The Balaban J connectivity index is 2.09. The standard InChI is InChI=1S/C7H14N2S/c1-8-4-7-3-2-6(8)5-9(7)10/h6-7,10H,2-5H2,1H3. The fourth-order valence-electron chi connectivity index (χ4n) is 2.02. The molecule has 0 N–H and O–H groups in total. The molecule has 3 fully saturated rings. The molecule has 0 amide bonds. The van der Waals surface area contributed by atoms with Crippen molar-refractivity contribution < 1.29 is 0 Å². The lowest BCUT2D eigenvalue weighted by Crippen LogP contribution is -2.58. The van der Waals surface area contributed by atoms with Crippen molar-refractivity contribution in [2.24, 2.45) is 0 Å². The first-order chi connectivity index (χ1) is 4.77. The second kappa shape index (κ2) is 2.40. The van der Waals surface area contributed by atoms with E-state index in [1.807, 2.05) is 0 Å². The van der Waals surface area contributed by atoms with Crippen LogP contribution in [-0.2, 0) is 0 Å². The minimum atomic E-state index is 0.721. The highest BCUT2D eigenvalue weighted by molar-refractivity contribution is 7.77. The number of rotatable bonds is 0. The van der Waals surface area contributed by atoms with Crippen molar-refractivity contribution in [1.82, 2.24) is 9.21 Å². The molecule has 3 rings (SSSR count). The summed E-state index contributed by atoms with van der Waals surface area (Å²) in [5.74, 6) is 0. The summed E-state index contributed by atoms with van der Waals surface area (Å²) in [5, 5.41) is 0. The third-order valence-corrected chi connectivity index (χ3v) is 3.26. The van der Waals surface area contributed by atoms with Crippen LogP contribution in [0.25, 0.3) is 0 Å². The van der Waals surface area contributed by atoms with Gasteiger partial charge in [-0.05, 0) is 19.9 Å². The van der Waals surface area contributed by atoms with Crippen molar-refractivity contribution in [2.45, 2.75) is 24.9 Å². The highest BCUT2D eigenvalue weighted by atomic mass is 32.1. The zero-order chi connectivity index (χ0) is 7.14. The van der Waals surface area contributed by atoms with E-state index in [0.29, 0.717) is 0 Å². The second-order valence-electron chi connectivity index (χ2n) is 3.45. The van der Waals surface area contributed by atoms with Crippen LogP contribution < -0.4 is 0 Å². The van der Waals surface area contributed by atoms with E-state index in [2.05, 4.69) is 29.1 Å². The van der Waals surface area contributed by atoms with E-state index in [9.17, 15) is 0 Å². The molecule has 10 heavy (non-hydrogen) atoms. The van der Waals surface area contributed by atoms with Crippen LogP contribution in [0.15, 0.2) is 0 Å². The Hall–Kier alpha value is 0.270. The lowest BCUT2D eigenvalue weighted by atomic mass is 9.94. The molecule has 0 aromatic heterocycles. The third-order valence-electron chi connectivity index (χ3n) is 2.77. The highest BCUT2D eigenvalue weighted by Crippen LogP contribution is 2.28. The first-order valence-corrected chi connectivity index (χ1v) is 4.33. The smallest absolute Gasteiger partial charge is 0.0328 e. The highest BCUT2D eigenvalue weighted by Gasteiger charge is 2.35. The van der Waals surface area contributed by atoms with Crippen LogP contribution in [0.5, 0.6) is 0 Å². The molecule has 2 atom stereocenters. The summed E-state index contributed by atoms with van der Waals surface area (Å²) in [5.41, 5.74) is 0. The molecular weight excluding hydrogens is 144 g/mol. The minimum absolute atomic E-state index is 0.721. The largest absolute Gasteiger partial charge is 0.301 e. The maximum atomic E-state index is 4.41. The van der Waals surface area contributed by atoms with Gasteiger partial charge in [-0.2, -0.15) is 0 Å². The molecule has 3 saturated heterocycles. The molecule has 3 heterocycles. The van der Waals surface area contributed by atoms with Gasteiger partial charge in [0.2, 0.25) is 0 Å². The Labute approximate surface area is 67.7 Å². The fourth-order valence-corrected chi connectivity index (χ4v) is 2.39. The van der Waals surface area contributed by atoms with Crippen LogP contribution >= 0.6 is 12.8 Å². The molecule has 3 aliphatic heterocycles. The molecule has 0 aliphatic carbocycles. The van der Waals surface area contributed by atoms with Crippen molar-refractivity contribution in [3.05, 3.63) is 0 Å². The van der Waals surface area contributed by atoms with E-state index in [4.69, 9.17) is 0 Å². The molecule has 2 nitrogen and oxygen atoms in total. The molecular formula is C7H14N2S. The van der Waals surface area contributed by atoms with Crippen molar-refractivity contribution in [1.29, 1.82) is 0 Å². The van der Waals surface area contributed by atoms with Gasteiger partial charge in [-0.25, -0.2) is 4.31 Å². The van der Waals surface area contributed by atoms with Gasteiger partial charge < -0.3 is 4.90 Å². The Morgan fingerprint density at radius 2 is 1.90 bits per heavy atom. The molecule has 0 aromatic carbocycles. The summed E-state index contributed by atoms with van der Waals surface area (Å²) in [6, 6.07) is 1.50. The average Bonchev–Trinajstić information content (AvgIpc) is 1.91. The SMILES string of the molecule is CN1CC2CCC1CN2S. The first-order valence-electron chi connectivity index (χ1n) is 3.93. The molecule has 3 aliphatic rings. The van der Waals surface area contributed by atoms with Gasteiger partial charge in [0, 0.05) is 25.2 Å². The maximum Gasteiger partial charge on any atom is 0.0328 e.